The topological polar surface area (TPSA) is 52.0 Å². The average molecular weight is 246 g/mol. The van der Waals surface area contributed by atoms with Crippen LogP contribution in [0.4, 0.5) is 0 Å². The molecule has 1 aromatic heterocycles. The Kier molecular flexibility index (Phi) is 4.30. The van der Waals surface area contributed by atoms with Gasteiger partial charge in [0.25, 0.3) is 0 Å². The highest BCUT2D eigenvalue weighted by Gasteiger charge is 2.01. The van der Waals surface area contributed by atoms with Crippen molar-refractivity contribution < 1.29 is 4.74 Å². The third kappa shape index (κ3) is 3.30. The SMILES string of the molecule is CCNCc1ccc(OCc2ncnn2C)cc1. The summed E-state index contributed by atoms with van der Waals surface area (Å²) in [6.07, 6.45) is 1.53. The second kappa shape index (κ2) is 6.16. The molecule has 2 aromatic rings. The fourth-order valence-electron chi connectivity index (χ4n) is 1.57. The van der Waals surface area contributed by atoms with Crippen LogP contribution in [0, 0.1) is 0 Å². The molecule has 5 nitrogen and oxygen atoms in total. The minimum absolute atomic E-state index is 0.434. The molecule has 1 heterocycles. The maximum absolute atomic E-state index is 5.65. The van der Waals surface area contributed by atoms with E-state index in [1.54, 1.807) is 4.68 Å². The molecule has 2 rings (SSSR count). The molecule has 1 aromatic carbocycles. The van der Waals surface area contributed by atoms with Gasteiger partial charge in [0.15, 0.2) is 5.82 Å². The summed E-state index contributed by atoms with van der Waals surface area (Å²) in [5.41, 5.74) is 1.25. The van der Waals surface area contributed by atoms with E-state index in [-0.39, 0.29) is 0 Å². The van der Waals surface area contributed by atoms with Crippen molar-refractivity contribution in [2.75, 3.05) is 6.54 Å². The number of rotatable bonds is 6. The van der Waals surface area contributed by atoms with Crippen LogP contribution >= 0.6 is 0 Å². The summed E-state index contributed by atoms with van der Waals surface area (Å²) < 4.78 is 7.35. The summed E-state index contributed by atoms with van der Waals surface area (Å²) in [6, 6.07) is 8.08. The zero-order valence-electron chi connectivity index (χ0n) is 10.8. The van der Waals surface area contributed by atoms with Crippen molar-refractivity contribution in [1.82, 2.24) is 20.1 Å². The molecule has 0 radical (unpaired) electrons. The predicted octanol–water partition coefficient (Wildman–Crippen LogP) is 1.50. The molecule has 5 heteroatoms. The van der Waals surface area contributed by atoms with Crippen molar-refractivity contribution in [3.05, 3.63) is 42.0 Å². The molecule has 0 aliphatic heterocycles. The number of hydrogen-bond acceptors (Lipinski definition) is 4. The van der Waals surface area contributed by atoms with Crippen LogP contribution in [0.25, 0.3) is 0 Å². The summed E-state index contributed by atoms with van der Waals surface area (Å²) in [6.45, 7) is 4.39. The standard InChI is InChI=1S/C13H18N4O/c1-3-14-8-11-4-6-12(7-5-11)18-9-13-15-10-16-17(13)2/h4-7,10,14H,3,8-9H2,1-2H3. The fraction of sp³-hybridized carbons (Fsp3) is 0.385. The van der Waals surface area contributed by atoms with Crippen molar-refractivity contribution in [2.45, 2.75) is 20.1 Å². The number of ether oxygens (including phenoxy) is 1. The first kappa shape index (κ1) is 12.6. The third-order valence-corrected chi connectivity index (χ3v) is 2.68. The smallest absolute Gasteiger partial charge is 0.164 e. The van der Waals surface area contributed by atoms with Crippen LogP contribution in [0.1, 0.15) is 18.3 Å². The minimum Gasteiger partial charge on any atom is -0.486 e. The largest absolute Gasteiger partial charge is 0.486 e. The molecular weight excluding hydrogens is 228 g/mol. The Morgan fingerprint density at radius 3 is 2.67 bits per heavy atom. The molecule has 0 bridgehead atoms. The van der Waals surface area contributed by atoms with E-state index in [0.29, 0.717) is 6.61 Å². The zero-order chi connectivity index (χ0) is 12.8. The zero-order valence-corrected chi connectivity index (χ0v) is 10.8. The number of nitrogens with one attached hydrogen (secondary N) is 1. The molecule has 96 valence electrons. The summed E-state index contributed by atoms with van der Waals surface area (Å²) >= 11 is 0. The maximum Gasteiger partial charge on any atom is 0.164 e. The lowest BCUT2D eigenvalue weighted by molar-refractivity contribution is 0.289. The Morgan fingerprint density at radius 2 is 2.06 bits per heavy atom. The van der Waals surface area contributed by atoms with Crippen molar-refractivity contribution in [2.24, 2.45) is 7.05 Å². The van der Waals surface area contributed by atoms with Gasteiger partial charge in [-0.2, -0.15) is 5.10 Å². The monoisotopic (exact) mass is 246 g/mol. The van der Waals surface area contributed by atoms with E-state index in [1.165, 1.54) is 11.9 Å². The van der Waals surface area contributed by atoms with E-state index < -0.39 is 0 Å². The van der Waals surface area contributed by atoms with Crippen LogP contribution in [0.3, 0.4) is 0 Å². The second-order valence-corrected chi connectivity index (χ2v) is 4.01. The molecule has 0 saturated heterocycles. The Bertz CT molecular complexity index is 478. The average Bonchev–Trinajstić information content (AvgIpc) is 2.81. The van der Waals surface area contributed by atoms with Gasteiger partial charge in [-0.1, -0.05) is 19.1 Å². The van der Waals surface area contributed by atoms with Gasteiger partial charge in [0.2, 0.25) is 0 Å². The van der Waals surface area contributed by atoms with E-state index >= 15 is 0 Å². The van der Waals surface area contributed by atoms with Crippen LogP contribution in [-0.4, -0.2) is 21.3 Å². The van der Waals surface area contributed by atoms with Gasteiger partial charge >= 0.3 is 0 Å². The lowest BCUT2D eigenvalue weighted by Gasteiger charge is -2.07. The Hall–Kier alpha value is -1.88. The highest BCUT2D eigenvalue weighted by atomic mass is 16.5. The molecule has 18 heavy (non-hydrogen) atoms. The van der Waals surface area contributed by atoms with E-state index in [2.05, 4.69) is 34.5 Å². The molecule has 0 aliphatic carbocycles. The van der Waals surface area contributed by atoms with E-state index in [1.807, 2.05) is 19.2 Å². The quantitative estimate of drug-likeness (QED) is 0.839. The highest BCUT2D eigenvalue weighted by molar-refractivity contribution is 5.27. The lowest BCUT2D eigenvalue weighted by atomic mass is 10.2. The molecule has 1 N–H and O–H groups in total. The van der Waals surface area contributed by atoms with Crippen molar-refractivity contribution >= 4 is 0 Å². The van der Waals surface area contributed by atoms with Gasteiger partial charge < -0.3 is 10.1 Å². The minimum atomic E-state index is 0.434. The predicted molar refractivity (Wildman–Crippen MR) is 69.2 cm³/mol. The van der Waals surface area contributed by atoms with Gasteiger partial charge in [-0.05, 0) is 24.2 Å². The first-order chi connectivity index (χ1) is 8.79. The molecule has 0 amide bonds. The van der Waals surface area contributed by atoms with Gasteiger partial charge in [0.1, 0.15) is 18.7 Å². The molecule has 0 spiro atoms. The van der Waals surface area contributed by atoms with Gasteiger partial charge in [0.05, 0.1) is 0 Å². The first-order valence-corrected chi connectivity index (χ1v) is 6.05. The van der Waals surface area contributed by atoms with Crippen LogP contribution in [0.5, 0.6) is 5.75 Å². The molecule has 0 saturated carbocycles. The van der Waals surface area contributed by atoms with Crippen LogP contribution in [0.2, 0.25) is 0 Å². The van der Waals surface area contributed by atoms with Crippen LogP contribution in [0.15, 0.2) is 30.6 Å². The van der Waals surface area contributed by atoms with Crippen LogP contribution in [-0.2, 0) is 20.2 Å². The number of hydrogen-bond donors (Lipinski definition) is 1. The third-order valence-electron chi connectivity index (χ3n) is 2.68. The van der Waals surface area contributed by atoms with E-state index in [9.17, 15) is 0 Å². The summed E-state index contributed by atoms with van der Waals surface area (Å²) in [7, 11) is 1.85. The van der Waals surface area contributed by atoms with E-state index in [0.717, 1.165) is 24.7 Å². The number of aryl methyl sites for hydroxylation is 1. The van der Waals surface area contributed by atoms with Crippen molar-refractivity contribution in [3.8, 4) is 5.75 Å². The highest BCUT2D eigenvalue weighted by Crippen LogP contribution is 2.13. The Labute approximate surface area is 107 Å². The lowest BCUT2D eigenvalue weighted by Crippen LogP contribution is -2.11. The van der Waals surface area contributed by atoms with E-state index in [4.69, 9.17) is 4.74 Å². The number of aromatic nitrogens is 3. The maximum atomic E-state index is 5.65. The molecule has 0 unspecified atom stereocenters. The van der Waals surface area contributed by atoms with Gasteiger partial charge in [-0.25, -0.2) is 4.98 Å². The first-order valence-electron chi connectivity index (χ1n) is 6.05. The molecule has 0 fully saturated rings. The van der Waals surface area contributed by atoms with Gasteiger partial charge in [0, 0.05) is 13.6 Å². The van der Waals surface area contributed by atoms with Gasteiger partial charge in [-0.15, -0.1) is 0 Å². The molecule has 0 atom stereocenters. The summed E-state index contributed by atoms with van der Waals surface area (Å²) in [5.74, 6) is 1.66. The summed E-state index contributed by atoms with van der Waals surface area (Å²) in [4.78, 5) is 4.11. The summed E-state index contributed by atoms with van der Waals surface area (Å²) in [5, 5.41) is 7.28. The second-order valence-electron chi connectivity index (χ2n) is 4.01. The normalized spacial score (nSPS) is 10.6. The molecule has 0 aliphatic rings. The number of nitrogens with zero attached hydrogens (tertiary/aromatic N) is 3. The fourth-order valence-corrected chi connectivity index (χ4v) is 1.57. The van der Waals surface area contributed by atoms with Crippen molar-refractivity contribution in [1.29, 1.82) is 0 Å². The van der Waals surface area contributed by atoms with Crippen LogP contribution < -0.4 is 10.1 Å². The number of benzene rings is 1. The Morgan fingerprint density at radius 1 is 1.28 bits per heavy atom. The molecular formula is C13H18N4O. The van der Waals surface area contributed by atoms with Crippen molar-refractivity contribution in [3.63, 3.8) is 0 Å². The Balaban J connectivity index is 1.88. The van der Waals surface area contributed by atoms with Gasteiger partial charge in [-0.3, -0.25) is 4.68 Å².